The molecule has 0 spiro atoms. The molecule has 0 radical (unpaired) electrons. The predicted molar refractivity (Wildman–Crippen MR) is 81.1 cm³/mol. The molecule has 0 atom stereocenters. The minimum absolute atomic E-state index is 0.205. The zero-order valence-corrected chi connectivity index (χ0v) is 12.9. The van der Waals surface area contributed by atoms with Crippen molar-refractivity contribution >= 4 is 11.9 Å². The number of hydrogen-bond acceptors (Lipinski definition) is 4. The maximum Gasteiger partial charge on any atom is 0.321 e. The van der Waals surface area contributed by atoms with Crippen molar-refractivity contribution in [3.8, 4) is 5.75 Å². The van der Waals surface area contributed by atoms with Crippen LogP contribution < -0.4 is 20.7 Å². The van der Waals surface area contributed by atoms with Gasteiger partial charge in [-0.2, -0.15) is 0 Å². The number of rotatable bonds is 5. The first-order chi connectivity index (χ1) is 9.80. The lowest BCUT2D eigenvalue weighted by Gasteiger charge is -2.20. The molecule has 1 aromatic rings. The largest absolute Gasteiger partial charge is 0.484 e. The summed E-state index contributed by atoms with van der Waals surface area (Å²) in [4.78, 5) is 23.1. The number of hydrogen-bond donors (Lipinski definition) is 3. The first-order valence-electron chi connectivity index (χ1n) is 6.78. The van der Waals surface area contributed by atoms with Gasteiger partial charge in [0.05, 0.1) is 0 Å². The number of carbonyl (C=O) groups excluding carboxylic acids is 2. The maximum absolute atomic E-state index is 11.6. The minimum Gasteiger partial charge on any atom is -0.484 e. The molecule has 1 aromatic carbocycles. The van der Waals surface area contributed by atoms with Crippen LogP contribution in [0.2, 0.25) is 0 Å². The van der Waals surface area contributed by atoms with Crippen LogP contribution in [0.1, 0.15) is 26.3 Å². The van der Waals surface area contributed by atoms with E-state index < -0.39 is 17.5 Å². The van der Waals surface area contributed by atoms with Gasteiger partial charge in [0.15, 0.2) is 6.61 Å². The predicted octanol–water partition coefficient (Wildman–Crippen LogP) is 1.41. The van der Waals surface area contributed by atoms with Gasteiger partial charge in [0, 0.05) is 12.1 Å². The Kier molecular flexibility index (Phi) is 6.17. The summed E-state index contributed by atoms with van der Waals surface area (Å²) in [5.74, 6) is 0.0947. The standard InChI is InChI=1S/C15H23N3O3/c1-15(2,3)18-14(20)17-13(19)10-21-12-7-5-11(6-8-12)9-16-4/h5-8,16H,9-10H2,1-4H3,(H2,17,18,19,20). The van der Waals surface area contributed by atoms with Crippen molar-refractivity contribution in [1.29, 1.82) is 0 Å². The van der Waals surface area contributed by atoms with Gasteiger partial charge < -0.3 is 15.4 Å². The number of carbonyl (C=O) groups is 2. The quantitative estimate of drug-likeness (QED) is 0.767. The van der Waals surface area contributed by atoms with Crippen LogP contribution >= 0.6 is 0 Å². The van der Waals surface area contributed by atoms with Gasteiger partial charge in [-0.25, -0.2) is 4.79 Å². The molecule has 0 unspecified atom stereocenters. The van der Waals surface area contributed by atoms with E-state index in [4.69, 9.17) is 4.74 Å². The number of urea groups is 1. The highest BCUT2D eigenvalue weighted by molar-refractivity contribution is 5.95. The van der Waals surface area contributed by atoms with Gasteiger partial charge in [-0.05, 0) is 45.5 Å². The lowest BCUT2D eigenvalue weighted by molar-refractivity contribution is -0.122. The van der Waals surface area contributed by atoms with Crippen molar-refractivity contribution in [1.82, 2.24) is 16.0 Å². The number of ether oxygens (including phenoxy) is 1. The highest BCUT2D eigenvalue weighted by Crippen LogP contribution is 2.11. The summed E-state index contributed by atoms with van der Waals surface area (Å²) in [6.45, 7) is 6.07. The summed E-state index contributed by atoms with van der Waals surface area (Å²) in [5, 5.41) is 7.90. The van der Waals surface area contributed by atoms with E-state index in [0.717, 1.165) is 12.1 Å². The van der Waals surface area contributed by atoms with E-state index in [1.54, 1.807) is 12.1 Å². The van der Waals surface area contributed by atoms with E-state index in [2.05, 4.69) is 16.0 Å². The molecule has 0 saturated carbocycles. The van der Waals surface area contributed by atoms with Gasteiger partial charge in [0.2, 0.25) is 0 Å². The molecule has 0 saturated heterocycles. The summed E-state index contributed by atoms with van der Waals surface area (Å²) in [6, 6.07) is 6.87. The molecule has 0 aliphatic heterocycles. The van der Waals surface area contributed by atoms with Gasteiger partial charge in [0.25, 0.3) is 5.91 Å². The number of benzene rings is 1. The van der Waals surface area contributed by atoms with E-state index >= 15 is 0 Å². The second-order valence-electron chi connectivity index (χ2n) is 5.72. The van der Waals surface area contributed by atoms with Crippen molar-refractivity contribution in [3.05, 3.63) is 29.8 Å². The Bertz CT molecular complexity index is 478. The van der Waals surface area contributed by atoms with Crippen molar-refractivity contribution < 1.29 is 14.3 Å². The zero-order chi connectivity index (χ0) is 15.9. The molecule has 0 aliphatic rings. The van der Waals surface area contributed by atoms with Gasteiger partial charge >= 0.3 is 6.03 Å². The first-order valence-corrected chi connectivity index (χ1v) is 6.78. The topological polar surface area (TPSA) is 79.5 Å². The molecular weight excluding hydrogens is 270 g/mol. The lowest BCUT2D eigenvalue weighted by atomic mass is 10.1. The van der Waals surface area contributed by atoms with Crippen LogP contribution in [-0.2, 0) is 11.3 Å². The third kappa shape index (κ3) is 7.31. The zero-order valence-electron chi connectivity index (χ0n) is 12.9. The van der Waals surface area contributed by atoms with Gasteiger partial charge in [-0.15, -0.1) is 0 Å². The Morgan fingerprint density at radius 2 is 1.76 bits per heavy atom. The van der Waals surface area contributed by atoms with Gasteiger partial charge in [-0.3, -0.25) is 10.1 Å². The Balaban J connectivity index is 2.37. The first kappa shape index (κ1) is 17.0. The maximum atomic E-state index is 11.6. The number of nitrogens with one attached hydrogen (secondary N) is 3. The molecule has 6 heteroatoms. The summed E-state index contributed by atoms with van der Waals surface area (Å²) in [6.07, 6.45) is 0. The lowest BCUT2D eigenvalue weighted by Crippen LogP contribution is -2.49. The highest BCUT2D eigenvalue weighted by atomic mass is 16.5. The van der Waals surface area contributed by atoms with Crippen LogP contribution in [0.25, 0.3) is 0 Å². The fraction of sp³-hybridized carbons (Fsp3) is 0.467. The molecule has 116 valence electrons. The summed E-state index contributed by atoms with van der Waals surface area (Å²) in [7, 11) is 1.87. The monoisotopic (exact) mass is 293 g/mol. The Hall–Kier alpha value is -2.08. The molecule has 0 aliphatic carbocycles. The van der Waals surface area contributed by atoms with Gasteiger partial charge in [0.1, 0.15) is 5.75 Å². The molecule has 3 N–H and O–H groups in total. The van der Waals surface area contributed by atoms with Crippen molar-refractivity contribution in [2.24, 2.45) is 0 Å². The van der Waals surface area contributed by atoms with Crippen molar-refractivity contribution in [3.63, 3.8) is 0 Å². The molecular formula is C15H23N3O3. The van der Waals surface area contributed by atoms with Crippen LogP contribution in [0.3, 0.4) is 0 Å². The summed E-state index contributed by atoms with van der Waals surface area (Å²) < 4.78 is 5.32. The average molecular weight is 293 g/mol. The van der Waals surface area contributed by atoms with Crippen molar-refractivity contribution in [2.75, 3.05) is 13.7 Å². The van der Waals surface area contributed by atoms with Gasteiger partial charge in [-0.1, -0.05) is 12.1 Å². The smallest absolute Gasteiger partial charge is 0.321 e. The van der Waals surface area contributed by atoms with Crippen LogP contribution in [-0.4, -0.2) is 31.1 Å². The van der Waals surface area contributed by atoms with Crippen LogP contribution in [0.4, 0.5) is 4.79 Å². The average Bonchev–Trinajstić information content (AvgIpc) is 2.36. The van der Waals surface area contributed by atoms with Crippen LogP contribution in [0.15, 0.2) is 24.3 Å². The second kappa shape index (κ2) is 7.64. The third-order valence-corrected chi connectivity index (χ3v) is 2.42. The second-order valence-corrected chi connectivity index (χ2v) is 5.72. The Labute approximate surface area is 125 Å². The molecule has 3 amide bonds. The molecule has 0 bridgehead atoms. The van der Waals surface area contributed by atoms with Crippen LogP contribution in [0.5, 0.6) is 5.75 Å². The van der Waals surface area contributed by atoms with E-state index in [0.29, 0.717) is 5.75 Å². The Morgan fingerprint density at radius 3 is 2.29 bits per heavy atom. The summed E-state index contributed by atoms with van der Waals surface area (Å²) >= 11 is 0. The molecule has 0 heterocycles. The fourth-order valence-electron chi connectivity index (χ4n) is 1.59. The molecule has 21 heavy (non-hydrogen) atoms. The minimum atomic E-state index is -0.527. The molecule has 0 fully saturated rings. The fourth-order valence-corrected chi connectivity index (χ4v) is 1.59. The van der Waals surface area contributed by atoms with Crippen LogP contribution in [0, 0.1) is 0 Å². The van der Waals surface area contributed by atoms with Crippen molar-refractivity contribution in [2.45, 2.75) is 32.9 Å². The highest BCUT2D eigenvalue weighted by Gasteiger charge is 2.15. The van der Waals surface area contributed by atoms with E-state index in [1.807, 2.05) is 40.0 Å². The summed E-state index contributed by atoms with van der Waals surface area (Å²) in [5.41, 5.74) is 0.729. The molecule has 6 nitrogen and oxygen atoms in total. The SMILES string of the molecule is CNCc1ccc(OCC(=O)NC(=O)NC(C)(C)C)cc1. The molecule has 1 rings (SSSR count). The third-order valence-electron chi connectivity index (χ3n) is 2.42. The molecule has 0 aromatic heterocycles. The van der Waals surface area contributed by atoms with E-state index in [9.17, 15) is 9.59 Å². The normalized spacial score (nSPS) is 10.9. The number of imide groups is 1. The Morgan fingerprint density at radius 1 is 1.14 bits per heavy atom. The number of amides is 3. The van der Waals surface area contributed by atoms with E-state index in [1.165, 1.54) is 0 Å². The van der Waals surface area contributed by atoms with E-state index in [-0.39, 0.29) is 6.61 Å².